The van der Waals surface area contributed by atoms with Crippen LogP contribution in [0.3, 0.4) is 0 Å². The van der Waals surface area contributed by atoms with Gasteiger partial charge >= 0.3 is 0 Å². The lowest BCUT2D eigenvalue weighted by Crippen LogP contribution is -2.09. The van der Waals surface area contributed by atoms with E-state index in [1.165, 1.54) is 30.4 Å². The first-order valence-electron chi connectivity index (χ1n) is 4.63. The van der Waals surface area contributed by atoms with Crippen molar-refractivity contribution in [3.63, 3.8) is 0 Å². The number of hydrogen-bond donors (Lipinski definition) is 0. The van der Waals surface area contributed by atoms with E-state index in [4.69, 9.17) is 0 Å². The Kier molecular flexibility index (Phi) is 1.99. The van der Waals surface area contributed by atoms with Crippen LogP contribution >= 0.6 is 0 Å². The Bertz CT molecular complexity index is 282. The number of rotatable bonds is 2. The lowest BCUT2D eigenvalue weighted by molar-refractivity contribution is 0.419. The van der Waals surface area contributed by atoms with Crippen molar-refractivity contribution >= 4 is 6.08 Å². The monoisotopic (exact) mass is 158 g/mol. The minimum absolute atomic E-state index is 0.819. The molecule has 1 aromatic rings. The van der Waals surface area contributed by atoms with Gasteiger partial charge in [0.2, 0.25) is 0 Å². The molecule has 1 fully saturated rings. The zero-order valence-corrected chi connectivity index (χ0v) is 7.29. The van der Waals surface area contributed by atoms with E-state index >= 15 is 0 Å². The normalized spacial score (nSPS) is 17.0. The van der Waals surface area contributed by atoms with E-state index in [0.29, 0.717) is 0 Å². The Hall–Kier alpha value is -1.04. The van der Waals surface area contributed by atoms with Gasteiger partial charge in [-0.05, 0) is 29.9 Å². The Balaban J connectivity index is 2.33. The summed E-state index contributed by atoms with van der Waals surface area (Å²) in [5, 5.41) is 0. The van der Waals surface area contributed by atoms with Crippen LogP contribution in [0.4, 0.5) is 0 Å². The van der Waals surface area contributed by atoms with Gasteiger partial charge < -0.3 is 0 Å². The molecule has 0 aromatic heterocycles. The molecule has 0 amide bonds. The van der Waals surface area contributed by atoms with Crippen molar-refractivity contribution in [3.05, 3.63) is 42.0 Å². The molecular weight excluding hydrogens is 144 g/mol. The van der Waals surface area contributed by atoms with E-state index in [1.807, 2.05) is 6.08 Å². The molecule has 0 heteroatoms. The summed E-state index contributed by atoms with van der Waals surface area (Å²) in [6, 6.07) is 8.60. The van der Waals surface area contributed by atoms with Gasteiger partial charge in [0.05, 0.1) is 0 Å². The maximum Gasteiger partial charge on any atom is -0.0156 e. The highest BCUT2D eigenvalue weighted by molar-refractivity contribution is 5.53. The third-order valence-corrected chi connectivity index (χ3v) is 2.76. The lowest BCUT2D eigenvalue weighted by atomic mass is 9.78. The third-order valence-electron chi connectivity index (χ3n) is 2.76. The van der Waals surface area contributed by atoms with Crippen molar-refractivity contribution in [2.45, 2.75) is 25.2 Å². The van der Waals surface area contributed by atoms with Crippen LogP contribution in [-0.2, 0) is 0 Å². The molecule has 0 atom stereocenters. The van der Waals surface area contributed by atoms with Gasteiger partial charge in [0, 0.05) is 0 Å². The van der Waals surface area contributed by atoms with E-state index in [2.05, 4.69) is 30.8 Å². The average Bonchev–Trinajstić information content (AvgIpc) is 2.02. The molecular formula is C12H14. The molecule has 1 aromatic carbocycles. The molecule has 0 saturated heterocycles. The van der Waals surface area contributed by atoms with E-state index in [9.17, 15) is 0 Å². The van der Waals surface area contributed by atoms with Gasteiger partial charge in [0.25, 0.3) is 0 Å². The largest absolute Gasteiger partial charge is 0.0985 e. The Morgan fingerprint density at radius 3 is 2.58 bits per heavy atom. The molecule has 1 aliphatic carbocycles. The van der Waals surface area contributed by atoms with Crippen molar-refractivity contribution in [2.24, 2.45) is 0 Å². The lowest BCUT2D eigenvalue weighted by Gasteiger charge is -2.27. The molecule has 0 radical (unpaired) electrons. The van der Waals surface area contributed by atoms with Crippen LogP contribution in [0.15, 0.2) is 30.8 Å². The van der Waals surface area contributed by atoms with E-state index < -0.39 is 0 Å². The van der Waals surface area contributed by atoms with Crippen LogP contribution in [0, 0.1) is 0 Å². The summed E-state index contributed by atoms with van der Waals surface area (Å²) < 4.78 is 0. The predicted molar refractivity (Wildman–Crippen MR) is 53.1 cm³/mol. The van der Waals surface area contributed by atoms with Gasteiger partial charge in [0.15, 0.2) is 0 Å². The van der Waals surface area contributed by atoms with Gasteiger partial charge in [0.1, 0.15) is 0 Å². The highest BCUT2D eigenvalue weighted by atomic mass is 14.2. The van der Waals surface area contributed by atoms with Crippen molar-refractivity contribution < 1.29 is 0 Å². The van der Waals surface area contributed by atoms with Crippen LogP contribution in [0.1, 0.15) is 36.3 Å². The summed E-state index contributed by atoms with van der Waals surface area (Å²) in [7, 11) is 0. The Labute approximate surface area is 73.9 Å². The van der Waals surface area contributed by atoms with Gasteiger partial charge in [-0.2, -0.15) is 0 Å². The molecule has 0 spiro atoms. The molecule has 0 heterocycles. The summed E-state index contributed by atoms with van der Waals surface area (Å²) in [4.78, 5) is 0. The SMILES string of the molecule is C=Cc1ccccc1C1CCC1. The molecule has 0 N–H and O–H groups in total. The highest BCUT2D eigenvalue weighted by Gasteiger charge is 2.20. The predicted octanol–water partition coefficient (Wildman–Crippen LogP) is 3.60. The first-order chi connectivity index (χ1) is 5.92. The summed E-state index contributed by atoms with van der Waals surface area (Å²) in [5.74, 6) is 0.819. The molecule has 0 bridgehead atoms. The van der Waals surface area contributed by atoms with E-state index in [0.717, 1.165) is 5.92 Å². The number of hydrogen-bond acceptors (Lipinski definition) is 0. The zero-order chi connectivity index (χ0) is 8.39. The molecule has 2 rings (SSSR count). The van der Waals surface area contributed by atoms with Crippen LogP contribution in [-0.4, -0.2) is 0 Å². The first-order valence-corrected chi connectivity index (χ1v) is 4.63. The summed E-state index contributed by atoms with van der Waals surface area (Å²) in [5.41, 5.74) is 2.82. The second-order valence-corrected chi connectivity index (χ2v) is 3.46. The van der Waals surface area contributed by atoms with Crippen molar-refractivity contribution in [3.8, 4) is 0 Å². The zero-order valence-electron chi connectivity index (χ0n) is 7.29. The van der Waals surface area contributed by atoms with Gasteiger partial charge in [-0.25, -0.2) is 0 Å². The summed E-state index contributed by atoms with van der Waals surface area (Å²) >= 11 is 0. The fourth-order valence-electron chi connectivity index (χ4n) is 1.79. The van der Waals surface area contributed by atoms with Crippen LogP contribution in [0.25, 0.3) is 6.08 Å². The molecule has 0 unspecified atom stereocenters. The van der Waals surface area contributed by atoms with Crippen molar-refractivity contribution in [1.29, 1.82) is 0 Å². The molecule has 0 aliphatic heterocycles. The summed E-state index contributed by atoms with van der Waals surface area (Å²) in [6.07, 6.45) is 6.10. The number of benzene rings is 1. The van der Waals surface area contributed by atoms with Crippen LogP contribution in [0.5, 0.6) is 0 Å². The minimum Gasteiger partial charge on any atom is -0.0985 e. The average molecular weight is 158 g/mol. The van der Waals surface area contributed by atoms with Gasteiger partial charge in [-0.15, -0.1) is 0 Å². The van der Waals surface area contributed by atoms with Crippen LogP contribution < -0.4 is 0 Å². The van der Waals surface area contributed by atoms with Crippen LogP contribution in [0.2, 0.25) is 0 Å². The van der Waals surface area contributed by atoms with Gasteiger partial charge in [-0.1, -0.05) is 43.3 Å². The molecule has 12 heavy (non-hydrogen) atoms. The van der Waals surface area contributed by atoms with E-state index in [1.54, 1.807) is 0 Å². The smallest absolute Gasteiger partial charge is 0.0156 e. The summed E-state index contributed by atoms with van der Waals surface area (Å²) in [6.45, 7) is 3.83. The molecule has 1 aliphatic rings. The molecule has 0 nitrogen and oxygen atoms in total. The Morgan fingerprint density at radius 2 is 2.00 bits per heavy atom. The fraction of sp³-hybridized carbons (Fsp3) is 0.333. The quantitative estimate of drug-likeness (QED) is 0.617. The first kappa shape index (κ1) is 7.60. The minimum atomic E-state index is 0.819. The highest BCUT2D eigenvalue weighted by Crippen LogP contribution is 2.37. The van der Waals surface area contributed by atoms with E-state index in [-0.39, 0.29) is 0 Å². The maximum atomic E-state index is 3.83. The topological polar surface area (TPSA) is 0 Å². The molecule has 1 saturated carbocycles. The third kappa shape index (κ3) is 1.18. The maximum absolute atomic E-state index is 3.83. The van der Waals surface area contributed by atoms with Crippen molar-refractivity contribution in [2.75, 3.05) is 0 Å². The second kappa shape index (κ2) is 3.14. The standard InChI is InChI=1S/C12H14/c1-2-10-6-3-4-9-12(10)11-7-5-8-11/h2-4,6,9,11H,1,5,7-8H2. The Morgan fingerprint density at radius 1 is 1.25 bits per heavy atom. The van der Waals surface area contributed by atoms with Crippen molar-refractivity contribution in [1.82, 2.24) is 0 Å². The van der Waals surface area contributed by atoms with Gasteiger partial charge in [-0.3, -0.25) is 0 Å². The molecule has 62 valence electrons. The second-order valence-electron chi connectivity index (χ2n) is 3.46. The fourth-order valence-corrected chi connectivity index (χ4v) is 1.79.